The van der Waals surface area contributed by atoms with E-state index in [9.17, 15) is 4.79 Å². The average molecular weight is 198 g/mol. The van der Waals surface area contributed by atoms with E-state index in [0.29, 0.717) is 13.2 Å². The van der Waals surface area contributed by atoms with Gasteiger partial charge < -0.3 is 15.8 Å². The highest BCUT2D eigenvalue weighted by Crippen LogP contribution is 2.17. The summed E-state index contributed by atoms with van der Waals surface area (Å²) >= 11 is 0. The van der Waals surface area contributed by atoms with Crippen LogP contribution in [0.3, 0.4) is 0 Å². The summed E-state index contributed by atoms with van der Waals surface area (Å²) in [5.74, 6) is -0.0940. The molecule has 0 aliphatic carbocycles. The Morgan fingerprint density at radius 3 is 3.07 bits per heavy atom. The predicted molar refractivity (Wildman–Crippen MR) is 54.8 cm³/mol. The number of carbonyl (C=O) groups is 1. The summed E-state index contributed by atoms with van der Waals surface area (Å²) in [5.41, 5.74) is 5.04. The Hall–Kier alpha value is -0.870. The van der Waals surface area contributed by atoms with Crippen molar-refractivity contribution in [1.29, 1.82) is 0 Å². The summed E-state index contributed by atoms with van der Waals surface area (Å²) in [7, 11) is 0. The molecule has 0 spiro atoms. The van der Waals surface area contributed by atoms with E-state index in [1.165, 1.54) is 6.08 Å². The number of amides is 1. The maximum atomic E-state index is 11.4. The number of carbonyl (C=O) groups excluding carboxylic acids is 1. The number of hydrogen-bond donors (Lipinski definition) is 2. The predicted octanol–water partition coefficient (Wildman–Crippen LogP) is 0.187. The molecule has 1 atom stereocenters. The monoisotopic (exact) mass is 198 g/mol. The molecule has 0 aromatic carbocycles. The molecule has 0 saturated carbocycles. The maximum absolute atomic E-state index is 11.4. The zero-order chi connectivity index (χ0) is 10.4. The summed E-state index contributed by atoms with van der Waals surface area (Å²) in [5, 5.41) is 2.92. The van der Waals surface area contributed by atoms with Crippen LogP contribution >= 0.6 is 0 Å². The molecule has 0 bridgehead atoms. The van der Waals surface area contributed by atoms with E-state index in [1.54, 1.807) is 6.08 Å². The first-order valence-electron chi connectivity index (χ1n) is 4.93. The minimum Gasteiger partial charge on any atom is -0.379 e. The second kappa shape index (κ2) is 5.12. The van der Waals surface area contributed by atoms with Crippen molar-refractivity contribution < 1.29 is 9.53 Å². The molecule has 0 aromatic rings. The fourth-order valence-corrected chi connectivity index (χ4v) is 1.55. The summed E-state index contributed by atoms with van der Waals surface area (Å²) in [6.07, 6.45) is 5.08. The van der Waals surface area contributed by atoms with Gasteiger partial charge >= 0.3 is 0 Å². The van der Waals surface area contributed by atoms with Crippen molar-refractivity contribution in [1.82, 2.24) is 5.32 Å². The molecular formula is C10H18N2O2. The molecule has 14 heavy (non-hydrogen) atoms. The lowest BCUT2D eigenvalue weighted by molar-refractivity contribution is -0.119. The number of rotatable bonds is 3. The van der Waals surface area contributed by atoms with Gasteiger partial charge in [-0.05, 0) is 19.8 Å². The molecule has 1 unspecified atom stereocenters. The van der Waals surface area contributed by atoms with Crippen LogP contribution in [0.15, 0.2) is 12.2 Å². The van der Waals surface area contributed by atoms with Gasteiger partial charge in [-0.3, -0.25) is 4.79 Å². The Labute approximate surface area is 84.5 Å². The lowest BCUT2D eigenvalue weighted by Gasteiger charge is -2.33. The summed E-state index contributed by atoms with van der Waals surface area (Å²) in [6.45, 7) is 3.78. The molecule has 4 heteroatoms. The van der Waals surface area contributed by atoms with E-state index in [2.05, 4.69) is 5.32 Å². The highest BCUT2D eigenvalue weighted by atomic mass is 16.5. The third-order valence-corrected chi connectivity index (χ3v) is 2.27. The van der Waals surface area contributed by atoms with Gasteiger partial charge in [0.15, 0.2) is 0 Å². The third-order valence-electron chi connectivity index (χ3n) is 2.27. The van der Waals surface area contributed by atoms with Crippen molar-refractivity contribution >= 4 is 5.91 Å². The minimum absolute atomic E-state index is 0.0940. The Morgan fingerprint density at radius 1 is 1.71 bits per heavy atom. The van der Waals surface area contributed by atoms with Crippen molar-refractivity contribution in [3.8, 4) is 0 Å². The van der Waals surface area contributed by atoms with Gasteiger partial charge in [0.05, 0.1) is 12.1 Å². The van der Waals surface area contributed by atoms with E-state index in [0.717, 1.165) is 19.4 Å². The van der Waals surface area contributed by atoms with Crippen molar-refractivity contribution in [2.45, 2.75) is 25.3 Å². The largest absolute Gasteiger partial charge is 0.379 e. The Bertz CT molecular complexity index is 220. The van der Waals surface area contributed by atoms with Crippen LogP contribution in [-0.2, 0) is 9.53 Å². The second-order valence-corrected chi connectivity index (χ2v) is 3.84. The van der Waals surface area contributed by atoms with Gasteiger partial charge in [-0.2, -0.15) is 0 Å². The van der Waals surface area contributed by atoms with Crippen molar-refractivity contribution in [2.24, 2.45) is 5.73 Å². The minimum atomic E-state index is -0.214. The third kappa shape index (κ3) is 3.47. The first-order valence-corrected chi connectivity index (χ1v) is 4.93. The Balaban J connectivity index is 2.41. The highest BCUT2D eigenvalue weighted by Gasteiger charge is 2.28. The molecule has 4 nitrogen and oxygen atoms in total. The summed E-state index contributed by atoms with van der Waals surface area (Å²) in [6, 6.07) is 0. The van der Waals surface area contributed by atoms with E-state index < -0.39 is 0 Å². The molecule has 3 N–H and O–H groups in total. The van der Waals surface area contributed by atoms with Gasteiger partial charge in [-0.1, -0.05) is 6.08 Å². The SMILES string of the molecule is CC1(NC(=O)/C=C/CN)CCCOC1. The molecular weight excluding hydrogens is 180 g/mol. The number of hydrogen-bond acceptors (Lipinski definition) is 3. The zero-order valence-electron chi connectivity index (χ0n) is 8.58. The molecule has 1 aliphatic rings. The Kier molecular flexibility index (Phi) is 4.10. The maximum Gasteiger partial charge on any atom is 0.244 e. The molecule has 1 rings (SSSR count). The normalized spacial score (nSPS) is 27.9. The van der Waals surface area contributed by atoms with Gasteiger partial charge in [0, 0.05) is 19.2 Å². The molecule has 1 saturated heterocycles. The van der Waals surface area contributed by atoms with Crippen LogP contribution in [0.25, 0.3) is 0 Å². The van der Waals surface area contributed by atoms with E-state index in [-0.39, 0.29) is 11.4 Å². The van der Waals surface area contributed by atoms with Crippen molar-refractivity contribution in [3.63, 3.8) is 0 Å². The van der Waals surface area contributed by atoms with Crippen LogP contribution in [0, 0.1) is 0 Å². The molecule has 1 heterocycles. The van der Waals surface area contributed by atoms with Crippen molar-refractivity contribution in [3.05, 3.63) is 12.2 Å². The Morgan fingerprint density at radius 2 is 2.50 bits per heavy atom. The number of nitrogens with one attached hydrogen (secondary N) is 1. The second-order valence-electron chi connectivity index (χ2n) is 3.84. The van der Waals surface area contributed by atoms with Crippen molar-refractivity contribution in [2.75, 3.05) is 19.8 Å². The quantitative estimate of drug-likeness (QED) is 0.636. The summed E-state index contributed by atoms with van der Waals surface area (Å²) in [4.78, 5) is 11.4. The van der Waals surface area contributed by atoms with Crippen LogP contribution in [0.4, 0.5) is 0 Å². The standard InChI is InChI=1S/C10H18N2O2/c1-10(5-3-7-14-8-10)12-9(13)4-2-6-11/h2,4H,3,5-8,11H2,1H3,(H,12,13)/b4-2+. The van der Waals surface area contributed by atoms with Crippen LogP contribution < -0.4 is 11.1 Å². The highest BCUT2D eigenvalue weighted by molar-refractivity contribution is 5.88. The van der Waals surface area contributed by atoms with E-state index in [4.69, 9.17) is 10.5 Å². The molecule has 1 fully saturated rings. The molecule has 0 radical (unpaired) electrons. The molecule has 1 aliphatic heterocycles. The lowest BCUT2D eigenvalue weighted by atomic mass is 9.95. The van der Waals surface area contributed by atoms with Crippen LogP contribution in [-0.4, -0.2) is 31.2 Å². The lowest BCUT2D eigenvalue weighted by Crippen LogP contribution is -2.51. The van der Waals surface area contributed by atoms with Gasteiger partial charge in [0.25, 0.3) is 0 Å². The smallest absolute Gasteiger partial charge is 0.244 e. The van der Waals surface area contributed by atoms with Gasteiger partial charge in [-0.15, -0.1) is 0 Å². The molecule has 1 amide bonds. The zero-order valence-corrected chi connectivity index (χ0v) is 8.58. The molecule has 80 valence electrons. The first-order chi connectivity index (χ1) is 6.66. The van der Waals surface area contributed by atoms with Crippen LogP contribution in [0.5, 0.6) is 0 Å². The number of ether oxygens (including phenoxy) is 1. The molecule has 0 aromatic heterocycles. The first kappa shape index (κ1) is 11.2. The average Bonchev–Trinajstić information content (AvgIpc) is 2.15. The van der Waals surface area contributed by atoms with Crippen LogP contribution in [0.1, 0.15) is 19.8 Å². The fourth-order valence-electron chi connectivity index (χ4n) is 1.55. The van der Waals surface area contributed by atoms with Gasteiger partial charge in [0.1, 0.15) is 0 Å². The fraction of sp³-hybridized carbons (Fsp3) is 0.700. The van der Waals surface area contributed by atoms with E-state index in [1.807, 2.05) is 6.92 Å². The topological polar surface area (TPSA) is 64.4 Å². The van der Waals surface area contributed by atoms with Gasteiger partial charge in [-0.25, -0.2) is 0 Å². The van der Waals surface area contributed by atoms with Crippen LogP contribution in [0.2, 0.25) is 0 Å². The van der Waals surface area contributed by atoms with Gasteiger partial charge in [0.2, 0.25) is 5.91 Å². The van der Waals surface area contributed by atoms with E-state index >= 15 is 0 Å². The number of nitrogens with two attached hydrogens (primary N) is 1. The summed E-state index contributed by atoms with van der Waals surface area (Å²) < 4.78 is 5.33.